The Balaban J connectivity index is 1.66. The number of hydrogen-bond acceptors (Lipinski definition) is 4. The summed E-state index contributed by atoms with van der Waals surface area (Å²) in [6.07, 6.45) is 3.63. The van der Waals surface area contributed by atoms with E-state index in [0.29, 0.717) is 0 Å². The van der Waals surface area contributed by atoms with Crippen molar-refractivity contribution < 1.29 is 4.79 Å². The van der Waals surface area contributed by atoms with Crippen LogP contribution in [0.3, 0.4) is 0 Å². The van der Waals surface area contributed by atoms with E-state index in [4.69, 9.17) is 0 Å². The van der Waals surface area contributed by atoms with Gasteiger partial charge in [-0.3, -0.25) is 9.78 Å². The van der Waals surface area contributed by atoms with Crippen molar-refractivity contribution in [1.29, 1.82) is 0 Å². The van der Waals surface area contributed by atoms with E-state index in [2.05, 4.69) is 34.6 Å². The van der Waals surface area contributed by atoms with Gasteiger partial charge in [0, 0.05) is 23.9 Å². The van der Waals surface area contributed by atoms with Gasteiger partial charge in [-0.05, 0) is 29.7 Å². The molecule has 1 aromatic carbocycles. The van der Waals surface area contributed by atoms with Crippen LogP contribution in [0, 0.1) is 0 Å². The molecule has 1 saturated heterocycles. The average Bonchev–Trinajstić information content (AvgIpc) is 3.10. The summed E-state index contributed by atoms with van der Waals surface area (Å²) in [7, 11) is 0. The number of benzene rings is 1. The molecule has 1 aliphatic heterocycles. The first-order chi connectivity index (χ1) is 10.7. The Labute approximate surface area is 139 Å². The maximum atomic E-state index is 12.2. The summed E-state index contributed by atoms with van der Waals surface area (Å²) in [5.41, 5.74) is 3.36. The normalized spacial score (nSPS) is 16.4. The van der Waals surface area contributed by atoms with Gasteiger partial charge in [0.2, 0.25) is 5.91 Å². The maximum absolute atomic E-state index is 12.2. The molecule has 1 N–H and O–H groups in total. The van der Waals surface area contributed by atoms with Gasteiger partial charge in [-0.2, -0.15) is 0 Å². The highest BCUT2D eigenvalue weighted by molar-refractivity contribution is 8.21. The Morgan fingerprint density at radius 2 is 1.91 bits per heavy atom. The van der Waals surface area contributed by atoms with E-state index in [9.17, 15) is 4.79 Å². The van der Waals surface area contributed by atoms with Gasteiger partial charge < -0.3 is 5.32 Å². The number of hydrogen-bond donors (Lipinski definition) is 1. The molecule has 2 heterocycles. The SMILES string of the molecule is CC(NC(=O)C1SCCS1)c1ccc(-c2cccnc2)cc1. The van der Waals surface area contributed by atoms with Crippen molar-refractivity contribution in [3.8, 4) is 11.1 Å². The molecule has 0 radical (unpaired) electrons. The molecule has 114 valence electrons. The molecule has 5 heteroatoms. The van der Waals surface area contributed by atoms with Crippen LogP contribution in [0.2, 0.25) is 0 Å². The fourth-order valence-corrected chi connectivity index (χ4v) is 4.97. The molecule has 1 aliphatic rings. The van der Waals surface area contributed by atoms with E-state index in [1.807, 2.05) is 25.3 Å². The second-order valence-electron chi connectivity index (χ2n) is 5.17. The third kappa shape index (κ3) is 3.65. The highest BCUT2D eigenvalue weighted by Gasteiger charge is 2.25. The first-order valence-corrected chi connectivity index (χ1v) is 9.38. The molecule has 0 spiro atoms. The second-order valence-corrected chi connectivity index (χ2v) is 7.89. The van der Waals surface area contributed by atoms with Gasteiger partial charge in [-0.1, -0.05) is 30.3 Å². The summed E-state index contributed by atoms with van der Waals surface area (Å²) in [4.78, 5) is 16.3. The first-order valence-electron chi connectivity index (χ1n) is 7.28. The van der Waals surface area contributed by atoms with Gasteiger partial charge in [0.1, 0.15) is 4.58 Å². The molecule has 3 nitrogen and oxygen atoms in total. The van der Waals surface area contributed by atoms with Gasteiger partial charge in [0.25, 0.3) is 0 Å². The third-order valence-electron chi connectivity index (χ3n) is 3.60. The summed E-state index contributed by atoms with van der Waals surface area (Å²) in [6.45, 7) is 2.03. The van der Waals surface area contributed by atoms with E-state index in [1.54, 1.807) is 29.7 Å². The van der Waals surface area contributed by atoms with Gasteiger partial charge in [0.15, 0.2) is 0 Å². The lowest BCUT2D eigenvalue weighted by Crippen LogP contribution is -2.32. The number of thioether (sulfide) groups is 2. The Kier molecular flexibility index (Phi) is 5.05. The van der Waals surface area contributed by atoms with Crippen molar-refractivity contribution in [2.24, 2.45) is 0 Å². The quantitative estimate of drug-likeness (QED) is 0.927. The molecule has 22 heavy (non-hydrogen) atoms. The number of carbonyl (C=O) groups excluding carboxylic acids is 1. The lowest BCUT2D eigenvalue weighted by Gasteiger charge is -2.17. The standard InChI is InChI=1S/C17H18N2OS2/c1-12(19-16(20)17-21-9-10-22-17)13-4-6-14(7-5-13)15-3-2-8-18-11-15/h2-8,11-12,17H,9-10H2,1H3,(H,19,20). The first kappa shape index (κ1) is 15.4. The topological polar surface area (TPSA) is 42.0 Å². The second kappa shape index (κ2) is 7.20. The summed E-state index contributed by atoms with van der Waals surface area (Å²) in [6, 6.07) is 12.3. The van der Waals surface area contributed by atoms with Crippen LogP contribution >= 0.6 is 23.5 Å². The van der Waals surface area contributed by atoms with Crippen molar-refractivity contribution in [1.82, 2.24) is 10.3 Å². The molecule has 0 saturated carbocycles. The Bertz CT molecular complexity index is 625. The smallest absolute Gasteiger partial charge is 0.243 e. The molecule has 3 rings (SSSR count). The molecule has 2 aromatic rings. The predicted molar refractivity (Wildman–Crippen MR) is 94.9 cm³/mol. The van der Waals surface area contributed by atoms with Crippen LogP contribution in [0.25, 0.3) is 11.1 Å². The number of pyridine rings is 1. The van der Waals surface area contributed by atoms with E-state index in [0.717, 1.165) is 28.2 Å². The van der Waals surface area contributed by atoms with Crippen LogP contribution in [-0.2, 0) is 4.79 Å². The molecular weight excluding hydrogens is 312 g/mol. The fraction of sp³-hybridized carbons (Fsp3) is 0.294. The minimum atomic E-state index is 0.0252. The number of rotatable bonds is 4. The molecule has 1 fully saturated rings. The van der Waals surface area contributed by atoms with Gasteiger partial charge in [-0.25, -0.2) is 0 Å². The molecule has 1 aromatic heterocycles. The number of carbonyl (C=O) groups is 1. The highest BCUT2D eigenvalue weighted by atomic mass is 32.2. The van der Waals surface area contributed by atoms with Crippen LogP contribution in [0.1, 0.15) is 18.5 Å². The monoisotopic (exact) mass is 330 g/mol. The van der Waals surface area contributed by atoms with E-state index >= 15 is 0 Å². The van der Waals surface area contributed by atoms with Crippen LogP contribution in [0.4, 0.5) is 0 Å². The fourth-order valence-electron chi connectivity index (χ4n) is 2.37. The molecule has 1 unspecified atom stereocenters. The van der Waals surface area contributed by atoms with Crippen LogP contribution < -0.4 is 5.32 Å². The molecule has 0 bridgehead atoms. The van der Waals surface area contributed by atoms with Gasteiger partial charge in [0.05, 0.1) is 6.04 Å². The Morgan fingerprint density at radius 1 is 1.18 bits per heavy atom. The Hall–Kier alpha value is -1.46. The summed E-state index contributed by atoms with van der Waals surface area (Å²) in [5, 5.41) is 3.10. The van der Waals surface area contributed by atoms with Crippen molar-refractivity contribution in [2.45, 2.75) is 17.5 Å². The summed E-state index contributed by atoms with van der Waals surface area (Å²) >= 11 is 3.46. The zero-order chi connectivity index (χ0) is 15.4. The van der Waals surface area contributed by atoms with E-state index in [-0.39, 0.29) is 16.5 Å². The number of nitrogens with one attached hydrogen (secondary N) is 1. The zero-order valence-corrected chi connectivity index (χ0v) is 14.0. The van der Waals surface area contributed by atoms with Crippen LogP contribution in [0.15, 0.2) is 48.8 Å². The summed E-state index contributed by atoms with van der Waals surface area (Å²) < 4.78 is 0.0529. The molecule has 1 amide bonds. The van der Waals surface area contributed by atoms with Crippen LogP contribution in [0.5, 0.6) is 0 Å². The number of amides is 1. The maximum Gasteiger partial charge on any atom is 0.243 e. The van der Waals surface area contributed by atoms with Crippen LogP contribution in [-0.4, -0.2) is 27.0 Å². The van der Waals surface area contributed by atoms with Crippen molar-refractivity contribution in [2.75, 3.05) is 11.5 Å². The third-order valence-corrected chi connectivity index (χ3v) is 6.59. The van der Waals surface area contributed by atoms with Crippen molar-refractivity contribution in [3.63, 3.8) is 0 Å². The minimum absolute atomic E-state index is 0.0252. The van der Waals surface area contributed by atoms with Crippen molar-refractivity contribution >= 4 is 29.4 Å². The van der Waals surface area contributed by atoms with Gasteiger partial charge in [-0.15, -0.1) is 23.5 Å². The number of aromatic nitrogens is 1. The molecular formula is C17H18N2OS2. The Morgan fingerprint density at radius 3 is 2.55 bits per heavy atom. The highest BCUT2D eigenvalue weighted by Crippen LogP contribution is 2.32. The number of nitrogens with zero attached hydrogens (tertiary/aromatic N) is 1. The lowest BCUT2D eigenvalue weighted by molar-refractivity contribution is -0.119. The van der Waals surface area contributed by atoms with Crippen molar-refractivity contribution in [3.05, 3.63) is 54.4 Å². The molecule has 0 aliphatic carbocycles. The van der Waals surface area contributed by atoms with E-state index < -0.39 is 0 Å². The largest absolute Gasteiger partial charge is 0.348 e. The predicted octanol–water partition coefficient (Wildman–Crippen LogP) is 3.73. The van der Waals surface area contributed by atoms with Gasteiger partial charge >= 0.3 is 0 Å². The zero-order valence-electron chi connectivity index (χ0n) is 12.4. The molecule has 1 atom stereocenters. The summed E-state index contributed by atoms with van der Waals surface area (Å²) in [5.74, 6) is 2.27. The average molecular weight is 330 g/mol. The minimum Gasteiger partial charge on any atom is -0.348 e. The van der Waals surface area contributed by atoms with E-state index in [1.165, 1.54) is 0 Å². The lowest BCUT2D eigenvalue weighted by atomic mass is 10.0.